The monoisotopic (exact) mass is 698 g/mol. The normalized spacial score (nSPS) is 21.6. The van der Waals surface area contributed by atoms with E-state index in [0.29, 0.717) is 31.5 Å². The summed E-state index contributed by atoms with van der Waals surface area (Å²) in [7, 11) is -8.91. The molecule has 3 amide bonds. The highest BCUT2D eigenvalue weighted by Crippen LogP contribution is 2.51. The molecular formula is C34H40N3O9S2+. The summed E-state index contributed by atoms with van der Waals surface area (Å²) in [6.07, 6.45) is 6.37. The topological polar surface area (TPSA) is 169 Å². The fourth-order valence-electron chi connectivity index (χ4n) is 7.24. The van der Waals surface area contributed by atoms with Crippen LogP contribution < -0.4 is 4.90 Å². The Morgan fingerprint density at radius 2 is 1.50 bits per heavy atom. The molecule has 3 heterocycles. The molecule has 12 nitrogen and oxygen atoms in total. The number of amides is 3. The molecule has 1 saturated heterocycles. The zero-order valence-corrected chi connectivity index (χ0v) is 29.2. The van der Waals surface area contributed by atoms with E-state index in [-0.39, 0.29) is 29.1 Å². The number of carbonyl (C=O) groups is 3. The van der Waals surface area contributed by atoms with Gasteiger partial charge in [0.15, 0.2) is 5.71 Å². The van der Waals surface area contributed by atoms with E-state index in [1.807, 2.05) is 57.7 Å². The number of allylic oxidation sites excluding steroid dienone is 4. The van der Waals surface area contributed by atoms with Gasteiger partial charge in [0.2, 0.25) is 23.4 Å². The van der Waals surface area contributed by atoms with Crippen LogP contribution in [0.1, 0.15) is 77.8 Å². The second-order valence-corrected chi connectivity index (χ2v) is 15.8. The van der Waals surface area contributed by atoms with E-state index in [0.717, 1.165) is 33.2 Å². The van der Waals surface area contributed by atoms with Gasteiger partial charge < -0.3 is 4.90 Å². The van der Waals surface area contributed by atoms with E-state index < -0.39 is 48.8 Å². The molecule has 48 heavy (non-hydrogen) atoms. The molecule has 1 unspecified atom stereocenters. The number of carbonyl (C=O) groups excluding carboxylic acids is 3. The molecule has 0 saturated carbocycles. The van der Waals surface area contributed by atoms with Gasteiger partial charge in [0, 0.05) is 60.3 Å². The Labute approximate surface area is 280 Å². The SMILES string of the molecule is CCN1C(=CC=CC2=[N+](CC)c3ccc(S(=O)(=O)O)cc3C2(C)C)C(C)(CCCC(=O)N2C(=O)CCC2=O)c2cc(S(=O)(=O)O)ccc21. The Bertz CT molecular complexity index is 2030. The lowest BCUT2D eigenvalue weighted by Gasteiger charge is -2.30. The number of likely N-dealkylation sites (tertiary alicyclic amines) is 1. The summed E-state index contributed by atoms with van der Waals surface area (Å²) in [6, 6.07) is 9.00. The van der Waals surface area contributed by atoms with Gasteiger partial charge in [-0.3, -0.25) is 23.5 Å². The lowest BCUT2D eigenvalue weighted by Crippen LogP contribution is -2.35. The summed E-state index contributed by atoms with van der Waals surface area (Å²) >= 11 is 0. The van der Waals surface area contributed by atoms with E-state index in [1.54, 1.807) is 12.1 Å². The lowest BCUT2D eigenvalue weighted by molar-refractivity contribution is -0.433. The molecule has 1 atom stereocenters. The summed E-state index contributed by atoms with van der Waals surface area (Å²) < 4.78 is 69.7. The second-order valence-electron chi connectivity index (χ2n) is 12.9. The van der Waals surface area contributed by atoms with Crippen LogP contribution in [0.5, 0.6) is 0 Å². The number of hydrogen-bond acceptors (Lipinski definition) is 8. The van der Waals surface area contributed by atoms with Crippen LogP contribution in [0.25, 0.3) is 0 Å². The van der Waals surface area contributed by atoms with Gasteiger partial charge in [-0.1, -0.05) is 6.08 Å². The van der Waals surface area contributed by atoms with Crippen LogP contribution >= 0.6 is 0 Å². The number of anilines is 1. The predicted octanol–water partition coefficient (Wildman–Crippen LogP) is 4.66. The maximum absolute atomic E-state index is 12.9. The molecule has 3 aliphatic heterocycles. The molecule has 0 spiro atoms. The molecule has 14 heteroatoms. The summed E-state index contributed by atoms with van der Waals surface area (Å²) in [5.74, 6) is -1.58. The molecule has 2 aromatic carbocycles. The fraction of sp³-hybridized carbons (Fsp3) is 0.412. The molecule has 0 aliphatic carbocycles. The first-order valence-corrected chi connectivity index (χ1v) is 18.7. The number of imide groups is 3. The maximum Gasteiger partial charge on any atom is 0.294 e. The maximum atomic E-state index is 12.9. The minimum atomic E-state index is -4.51. The van der Waals surface area contributed by atoms with Crippen molar-refractivity contribution in [2.45, 2.75) is 87.3 Å². The van der Waals surface area contributed by atoms with Crippen LogP contribution in [0.4, 0.5) is 11.4 Å². The highest BCUT2D eigenvalue weighted by Gasteiger charge is 2.46. The van der Waals surface area contributed by atoms with E-state index in [1.165, 1.54) is 24.3 Å². The van der Waals surface area contributed by atoms with E-state index in [9.17, 15) is 40.3 Å². The first-order valence-electron chi connectivity index (χ1n) is 15.8. The van der Waals surface area contributed by atoms with Gasteiger partial charge in [-0.25, -0.2) is 4.90 Å². The number of fused-ring (bicyclic) bond motifs is 2. The molecule has 3 aliphatic rings. The van der Waals surface area contributed by atoms with Crippen molar-refractivity contribution < 1.29 is 44.9 Å². The third kappa shape index (κ3) is 6.06. The van der Waals surface area contributed by atoms with Crippen molar-refractivity contribution in [2.24, 2.45) is 0 Å². The first-order chi connectivity index (χ1) is 22.4. The standard InChI is InChI=1S/C34H39N3O9S2/c1-6-35-26-15-13-22(47(41,42)43)20-24(26)33(3,4)28(35)10-8-11-29-34(5,19-9-12-30(38)37-31(39)17-18-32(37)40)25-21-23(48(44,45)46)14-16-27(25)36(29)7-2/h8,10-11,13-16,20-21H,6-7,9,12,17-19H2,1-5H3,(H-,41,42,43,44,45,46)/p+1. The van der Waals surface area contributed by atoms with Crippen molar-refractivity contribution in [2.75, 3.05) is 18.0 Å². The predicted molar refractivity (Wildman–Crippen MR) is 179 cm³/mol. The smallest absolute Gasteiger partial charge is 0.294 e. The Kier molecular flexibility index (Phi) is 9.18. The van der Waals surface area contributed by atoms with Crippen molar-refractivity contribution >= 4 is 55.0 Å². The summed E-state index contributed by atoms with van der Waals surface area (Å²) in [5.41, 5.74) is 3.22. The summed E-state index contributed by atoms with van der Waals surface area (Å²) in [4.78, 5) is 39.4. The average Bonchev–Trinajstić information content (AvgIpc) is 3.55. The molecule has 2 aromatic rings. The Hall–Kier alpha value is -3.98. The van der Waals surface area contributed by atoms with Crippen LogP contribution in [0.15, 0.2) is 70.1 Å². The number of likely N-dealkylation sites (N-methyl/N-ethyl adjacent to an activating group) is 1. The summed E-state index contributed by atoms with van der Waals surface area (Å²) in [6.45, 7) is 10.9. The third-order valence-corrected chi connectivity index (χ3v) is 11.4. The highest BCUT2D eigenvalue weighted by molar-refractivity contribution is 7.86. The quantitative estimate of drug-likeness (QED) is 0.202. The highest BCUT2D eigenvalue weighted by atomic mass is 32.2. The second kappa shape index (κ2) is 12.5. The number of nitrogens with zero attached hydrogens (tertiary/aromatic N) is 3. The van der Waals surface area contributed by atoms with Gasteiger partial charge in [0.25, 0.3) is 20.2 Å². The van der Waals surface area contributed by atoms with E-state index in [4.69, 9.17) is 0 Å². The van der Waals surface area contributed by atoms with Gasteiger partial charge in [0.1, 0.15) is 6.54 Å². The van der Waals surface area contributed by atoms with E-state index in [2.05, 4.69) is 4.58 Å². The fourth-order valence-corrected chi connectivity index (χ4v) is 8.26. The molecular weight excluding hydrogens is 659 g/mol. The lowest BCUT2D eigenvalue weighted by atomic mass is 9.77. The van der Waals surface area contributed by atoms with Gasteiger partial charge in [-0.05, 0) is 89.4 Å². The molecule has 2 N–H and O–H groups in total. The van der Waals surface area contributed by atoms with Crippen LogP contribution in [-0.2, 0) is 45.4 Å². The zero-order valence-electron chi connectivity index (χ0n) is 27.6. The van der Waals surface area contributed by atoms with Crippen molar-refractivity contribution in [3.63, 3.8) is 0 Å². The van der Waals surface area contributed by atoms with Crippen LogP contribution in [0.2, 0.25) is 0 Å². The largest absolute Gasteiger partial charge is 0.344 e. The van der Waals surface area contributed by atoms with Gasteiger partial charge in [-0.2, -0.15) is 21.4 Å². The average molecular weight is 699 g/mol. The Balaban J connectivity index is 1.54. The molecule has 0 radical (unpaired) electrons. The molecule has 0 aromatic heterocycles. The number of benzene rings is 2. The van der Waals surface area contributed by atoms with Gasteiger partial charge in [-0.15, -0.1) is 0 Å². The molecule has 5 rings (SSSR count). The summed E-state index contributed by atoms with van der Waals surface area (Å²) in [5, 5.41) is 0. The van der Waals surface area contributed by atoms with Crippen LogP contribution in [0, 0.1) is 0 Å². The van der Waals surface area contributed by atoms with Crippen molar-refractivity contribution in [3.8, 4) is 0 Å². The van der Waals surface area contributed by atoms with Crippen molar-refractivity contribution in [3.05, 3.63) is 71.5 Å². The van der Waals surface area contributed by atoms with Crippen LogP contribution in [0.3, 0.4) is 0 Å². The molecule has 0 bridgehead atoms. The Morgan fingerprint density at radius 1 is 0.917 bits per heavy atom. The van der Waals surface area contributed by atoms with Gasteiger partial charge in [0.05, 0.1) is 15.2 Å². The first kappa shape index (κ1) is 35.3. The zero-order chi connectivity index (χ0) is 35.4. The molecule has 1 fully saturated rings. The van der Waals surface area contributed by atoms with Gasteiger partial charge >= 0.3 is 0 Å². The molecule has 256 valence electrons. The third-order valence-electron chi connectivity index (χ3n) is 9.68. The number of hydrogen-bond donors (Lipinski definition) is 2. The van der Waals surface area contributed by atoms with Crippen LogP contribution in [-0.4, -0.2) is 71.9 Å². The van der Waals surface area contributed by atoms with Crippen molar-refractivity contribution in [1.29, 1.82) is 0 Å². The van der Waals surface area contributed by atoms with Crippen molar-refractivity contribution in [1.82, 2.24) is 4.90 Å². The minimum absolute atomic E-state index is 0.0107. The van der Waals surface area contributed by atoms with E-state index >= 15 is 0 Å². The Morgan fingerprint density at radius 3 is 2.06 bits per heavy atom. The minimum Gasteiger partial charge on any atom is -0.344 e. The number of rotatable bonds is 10.